The van der Waals surface area contributed by atoms with E-state index in [0.717, 1.165) is 5.75 Å². The van der Waals surface area contributed by atoms with Crippen molar-refractivity contribution in [1.82, 2.24) is 20.3 Å². The zero-order valence-corrected chi connectivity index (χ0v) is 13.4. The van der Waals surface area contributed by atoms with E-state index in [-0.39, 0.29) is 23.6 Å². The van der Waals surface area contributed by atoms with Crippen LogP contribution in [-0.2, 0) is 4.79 Å². The van der Waals surface area contributed by atoms with Crippen molar-refractivity contribution in [1.29, 1.82) is 0 Å². The number of carbonyl (C=O) groups excluding carboxylic acids is 1. The van der Waals surface area contributed by atoms with Crippen molar-refractivity contribution in [3.8, 4) is 0 Å². The van der Waals surface area contributed by atoms with Crippen molar-refractivity contribution < 1.29 is 4.79 Å². The molecule has 0 aliphatic rings. The number of carbonyl (C=O) groups is 1. The summed E-state index contributed by atoms with van der Waals surface area (Å²) in [5.74, 6) is 1.03. The van der Waals surface area contributed by atoms with Gasteiger partial charge < -0.3 is 16.8 Å². The van der Waals surface area contributed by atoms with Crippen molar-refractivity contribution in [3.63, 3.8) is 0 Å². The van der Waals surface area contributed by atoms with Gasteiger partial charge in [-0.2, -0.15) is 15.0 Å². The van der Waals surface area contributed by atoms with E-state index < -0.39 is 0 Å². The number of benzene rings is 1. The average Bonchev–Trinajstić information content (AvgIpc) is 2.50. The summed E-state index contributed by atoms with van der Waals surface area (Å²) < 4.78 is 0. The van der Waals surface area contributed by atoms with Gasteiger partial charge in [0.15, 0.2) is 5.16 Å². The lowest BCUT2D eigenvalue weighted by atomic mass is 10.4. The minimum atomic E-state index is -0.0868. The molecule has 9 heteroatoms. The molecule has 1 amide bonds. The van der Waals surface area contributed by atoms with Gasteiger partial charge in [-0.15, -0.1) is 11.8 Å². The first kappa shape index (κ1) is 16.4. The molecule has 1 aromatic carbocycles. The predicted molar refractivity (Wildman–Crippen MR) is 89.6 cm³/mol. The molecule has 0 aliphatic heterocycles. The molecule has 0 unspecified atom stereocenters. The van der Waals surface area contributed by atoms with Gasteiger partial charge in [-0.25, -0.2) is 0 Å². The van der Waals surface area contributed by atoms with Crippen molar-refractivity contribution in [2.24, 2.45) is 0 Å². The molecule has 0 atom stereocenters. The first-order valence-corrected chi connectivity index (χ1v) is 8.45. The Balaban J connectivity index is 1.65. The van der Waals surface area contributed by atoms with E-state index >= 15 is 0 Å². The first-order valence-electron chi connectivity index (χ1n) is 6.48. The van der Waals surface area contributed by atoms with Crippen molar-refractivity contribution >= 4 is 41.3 Å². The fourth-order valence-electron chi connectivity index (χ4n) is 1.51. The Morgan fingerprint density at radius 2 is 1.73 bits per heavy atom. The summed E-state index contributed by atoms with van der Waals surface area (Å²) in [4.78, 5) is 24.4. The molecule has 0 aliphatic carbocycles. The number of anilines is 2. The number of hydrogen-bond donors (Lipinski definition) is 3. The zero-order valence-electron chi connectivity index (χ0n) is 11.7. The van der Waals surface area contributed by atoms with Crippen molar-refractivity contribution in [2.75, 3.05) is 29.5 Å². The van der Waals surface area contributed by atoms with E-state index in [1.807, 2.05) is 30.3 Å². The monoisotopic (exact) mass is 336 g/mol. The molecule has 1 aromatic heterocycles. The molecule has 2 rings (SSSR count). The second kappa shape index (κ2) is 8.44. The van der Waals surface area contributed by atoms with Crippen LogP contribution >= 0.6 is 23.5 Å². The minimum absolute atomic E-state index is 0.0506. The van der Waals surface area contributed by atoms with Gasteiger partial charge in [0.25, 0.3) is 0 Å². The number of nitrogens with zero attached hydrogens (tertiary/aromatic N) is 3. The average molecular weight is 336 g/mol. The summed E-state index contributed by atoms with van der Waals surface area (Å²) in [6, 6.07) is 10.0. The Morgan fingerprint density at radius 3 is 2.41 bits per heavy atom. The van der Waals surface area contributed by atoms with Crippen LogP contribution in [0.25, 0.3) is 0 Å². The number of thioether (sulfide) groups is 2. The molecule has 0 bridgehead atoms. The molecule has 0 saturated carbocycles. The van der Waals surface area contributed by atoms with Crippen LogP contribution in [0.3, 0.4) is 0 Å². The van der Waals surface area contributed by atoms with E-state index in [4.69, 9.17) is 11.5 Å². The van der Waals surface area contributed by atoms with Crippen LogP contribution in [0.15, 0.2) is 40.4 Å². The summed E-state index contributed by atoms with van der Waals surface area (Å²) >= 11 is 2.86. The fraction of sp³-hybridized carbons (Fsp3) is 0.231. The molecule has 0 fully saturated rings. The maximum Gasteiger partial charge on any atom is 0.230 e. The summed E-state index contributed by atoms with van der Waals surface area (Å²) in [6.45, 7) is 0.598. The summed E-state index contributed by atoms with van der Waals surface area (Å²) in [5, 5.41) is 3.18. The molecule has 116 valence electrons. The Kier molecular flexibility index (Phi) is 6.28. The number of nitrogens with two attached hydrogens (primary N) is 2. The highest BCUT2D eigenvalue weighted by Crippen LogP contribution is 2.16. The van der Waals surface area contributed by atoms with Crippen LogP contribution in [0.5, 0.6) is 0 Å². The zero-order chi connectivity index (χ0) is 15.8. The summed E-state index contributed by atoms with van der Waals surface area (Å²) in [7, 11) is 0. The van der Waals surface area contributed by atoms with Crippen LogP contribution in [0, 0.1) is 0 Å². The van der Waals surface area contributed by atoms with E-state index in [1.165, 1.54) is 16.7 Å². The molecule has 0 saturated heterocycles. The van der Waals surface area contributed by atoms with Gasteiger partial charge in [0.1, 0.15) is 0 Å². The Bertz CT molecular complexity index is 605. The lowest BCUT2D eigenvalue weighted by Gasteiger charge is -2.05. The SMILES string of the molecule is Nc1nc(N)nc(SCC(=O)NCCSc2ccccc2)n1. The van der Waals surface area contributed by atoms with Crippen molar-refractivity contribution in [3.05, 3.63) is 30.3 Å². The highest BCUT2D eigenvalue weighted by Gasteiger charge is 2.06. The third-order valence-corrected chi connectivity index (χ3v) is 4.28. The highest BCUT2D eigenvalue weighted by molar-refractivity contribution is 7.99. The number of nitrogens with one attached hydrogen (secondary N) is 1. The number of aromatic nitrogens is 3. The molecule has 7 nitrogen and oxygen atoms in total. The Morgan fingerprint density at radius 1 is 1.05 bits per heavy atom. The van der Waals surface area contributed by atoms with E-state index in [2.05, 4.69) is 20.3 Å². The normalized spacial score (nSPS) is 10.4. The van der Waals surface area contributed by atoms with Crippen LogP contribution in [-0.4, -0.2) is 38.9 Å². The lowest BCUT2D eigenvalue weighted by Crippen LogP contribution is -2.27. The Labute approximate surface area is 136 Å². The van der Waals surface area contributed by atoms with Crippen LogP contribution < -0.4 is 16.8 Å². The van der Waals surface area contributed by atoms with Gasteiger partial charge in [-0.05, 0) is 12.1 Å². The minimum Gasteiger partial charge on any atom is -0.368 e. The third kappa shape index (κ3) is 5.78. The number of amides is 1. The first-order chi connectivity index (χ1) is 10.6. The second-order valence-electron chi connectivity index (χ2n) is 4.13. The Hall–Kier alpha value is -2.00. The largest absolute Gasteiger partial charge is 0.368 e. The van der Waals surface area contributed by atoms with Gasteiger partial charge in [0, 0.05) is 17.2 Å². The number of rotatable bonds is 7. The topological polar surface area (TPSA) is 120 Å². The maximum atomic E-state index is 11.7. The summed E-state index contributed by atoms with van der Waals surface area (Å²) in [6.07, 6.45) is 0. The van der Waals surface area contributed by atoms with E-state index in [0.29, 0.717) is 11.7 Å². The van der Waals surface area contributed by atoms with Gasteiger partial charge in [-0.1, -0.05) is 30.0 Å². The van der Waals surface area contributed by atoms with Gasteiger partial charge in [0.2, 0.25) is 17.8 Å². The van der Waals surface area contributed by atoms with E-state index in [1.54, 1.807) is 11.8 Å². The molecular weight excluding hydrogens is 320 g/mol. The quantitative estimate of drug-likeness (QED) is 0.507. The summed E-state index contributed by atoms with van der Waals surface area (Å²) in [5.41, 5.74) is 10.9. The second-order valence-corrected chi connectivity index (χ2v) is 6.25. The van der Waals surface area contributed by atoms with Crippen molar-refractivity contribution in [2.45, 2.75) is 10.1 Å². The molecule has 5 N–H and O–H groups in total. The standard InChI is InChI=1S/C13H16N6OS2/c14-11-17-12(15)19-13(18-11)22-8-10(20)16-6-7-21-9-4-2-1-3-5-9/h1-5H,6-8H2,(H,16,20)(H4,14,15,17,18,19). The molecule has 1 heterocycles. The molecule has 22 heavy (non-hydrogen) atoms. The smallest absolute Gasteiger partial charge is 0.230 e. The van der Waals surface area contributed by atoms with Gasteiger partial charge in [0.05, 0.1) is 5.75 Å². The van der Waals surface area contributed by atoms with Crippen LogP contribution in [0.2, 0.25) is 0 Å². The van der Waals surface area contributed by atoms with Crippen LogP contribution in [0.4, 0.5) is 11.9 Å². The van der Waals surface area contributed by atoms with Crippen LogP contribution in [0.1, 0.15) is 0 Å². The molecule has 0 spiro atoms. The lowest BCUT2D eigenvalue weighted by molar-refractivity contribution is -0.118. The molecule has 2 aromatic rings. The number of nitrogen functional groups attached to an aromatic ring is 2. The number of hydrogen-bond acceptors (Lipinski definition) is 8. The third-order valence-electron chi connectivity index (χ3n) is 2.42. The highest BCUT2D eigenvalue weighted by atomic mass is 32.2. The van der Waals surface area contributed by atoms with Gasteiger partial charge in [-0.3, -0.25) is 4.79 Å². The molecular formula is C13H16N6OS2. The maximum absolute atomic E-state index is 11.7. The fourth-order valence-corrected chi connectivity index (χ4v) is 2.98. The predicted octanol–water partition coefficient (Wildman–Crippen LogP) is 1.04. The van der Waals surface area contributed by atoms with Gasteiger partial charge >= 0.3 is 0 Å². The molecule has 0 radical (unpaired) electrons. The van der Waals surface area contributed by atoms with E-state index in [9.17, 15) is 4.79 Å².